The normalized spacial score (nSPS) is 11.2. The van der Waals surface area contributed by atoms with E-state index in [1.807, 2.05) is 0 Å². The number of nitrogens with one attached hydrogen (secondary N) is 2. The van der Waals surface area contributed by atoms with Crippen molar-refractivity contribution in [1.29, 1.82) is 0 Å². The first-order valence-electron chi connectivity index (χ1n) is 5.69. The van der Waals surface area contributed by atoms with Gasteiger partial charge in [0, 0.05) is 19.3 Å². The van der Waals surface area contributed by atoms with Crippen molar-refractivity contribution in [2.45, 2.75) is 5.75 Å². The molecule has 0 radical (unpaired) electrons. The predicted molar refractivity (Wildman–Crippen MR) is 74.0 cm³/mol. The van der Waals surface area contributed by atoms with Gasteiger partial charge in [-0.25, -0.2) is 4.79 Å². The average molecular weight is 301 g/mol. The van der Waals surface area contributed by atoms with Crippen LogP contribution in [0.2, 0.25) is 0 Å². The number of carboxylic acids is 1. The maximum atomic E-state index is 10.6. The number of hydrogen-bond acceptors (Lipinski definition) is 7. The zero-order chi connectivity index (χ0) is 15.0. The molecule has 0 aromatic carbocycles. The SMILES string of the molecule is CN/C(=C\[N+](=O)[O-])NCCSCc1ccc(C(=O)O)o1. The monoisotopic (exact) mass is 301 g/mol. The molecule has 0 fully saturated rings. The molecule has 20 heavy (non-hydrogen) atoms. The minimum atomic E-state index is -1.09. The van der Waals surface area contributed by atoms with Gasteiger partial charge in [0.15, 0.2) is 5.82 Å². The Morgan fingerprint density at radius 1 is 1.60 bits per heavy atom. The summed E-state index contributed by atoms with van der Waals surface area (Å²) in [7, 11) is 1.59. The molecule has 0 aliphatic rings. The summed E-state index contributed by atoms with van der Waals surface area (Å²) >= 11 is 1.53. The molecule has 0 unspecified atom stereocenters. The second-order valence-electron chi connectivity index (χ2n) is 3.63. The molecule has 9 heteroatoms. The summed E-state index contributed by atoms with van der Waals surface area (Å²) in [4.78, 5) is 20.4. The van der Waals surface area contributed by atoms with Gasteiger partial charge >= 0.3 is 5.97 Å². The van der Waals surface area contributed by atoms with Crippen LogP contribution in [0.15, 0.2) is 28.6 Å². The highest BCUT2D eigenvalue weighted by atomic mass is 32.2. The molecule has 3 N–H and O–H groups in total. The van der Waals surface area contributed by atoms with Gasteiger partial charge in [-0.05, 0) is 12.1 Å². The van der Waals surface area contributed by atoms with Crippen molar-refractivity contribution in [1.82, 2.24) is 10.6 Å². The Kier molecular flexibility index (Phi) is 6.44. The van der Waals surface area contributed by atoms with E-state index >= 15 is 0 Å². The molecule has 0 amide bonds. The smallest absolute Gasteiger partial charge is 0.371 e. The topological polar surface area (TPSA) is 118 Å². The van der Waals surface area contributed by atoms with Gasteiger partial charge in [0.05, 0.1) is 10.7 Å². The molecular weight excluding hydrogens is 286 g/mol. The molecule has 0 saturated carbocycles. The second kappa shape index (κ2) is 8.10. The zero-order valence-corrected chi connectivity index (χ0v) is 11.6. The molecule has 1 aromatic heterocycles. The lowest BCUT2D eigenvalue weighted by molar-refractivity contribution is -0.404. The van der Waals surface area contributed by atoms with Crippen molar-refractivity contribution in [2.24, 2.45) is 0 Å². The number of nitrogens with zero attached hydrogens (tertiary/aromatic N) is 1. The fourth-order valence-electron chi connectivity index (χ4n) is 1.31. The van der Waals surface area contributed by atoms with E-state index in [0.29, 0.717) is 29.6 Å². The highest BCUT2D eigenvalue weighted by Crippen LogP contribution is 2.15. The Morgan fingerprint density at radius 3 is 2.90 bits per heavy atom. The van der Waals surface area contributed by atoms with Crippen LogP contribution < -0.4 is 10.6 Å². The largest absolute Gasteiger partial charge is 0.475 e. The first kappa shape index (κ1) is 15.9. The van der Waals surface area contributed by atoms with E-state index in [1.54, 1.807) is 13.1 Å². The number of nitro groups is 1. The Balaban J connectivity index is 2.24. The zero-order valence-electron chi connectivity index (χ0n) is 10.8. The average Bonchev–Trinajstić information content (AvgIpc) is 2.85. The highest BCUT2D eigenvalue weighted by Gasteiger charge is 2.08. The third-order valence-electron chi connectivity index (χ3n) is 2.18. The lowest BCUT2D eigenvalue weighted by atomic mass is 10.4. The van der Waals surface area contributed by atoms with E-state index in [9.17, 15) is 14.9 Å². The van der Waals surface area contributed by atoms with E-state index in [2.05, 4.69) is 10.6 Å². The van der Waals surface area contributed by atoms with Crippen LogP contribution in [0.5, 0.6) is 0 Å². The van der Waals surface area contributed by atoms with E-state index in [0.717, 1.165) is 6.20 Å². The van der Waals surface area contributed by atoms with E-state index in [-0.39, 0.29) is 5.76 Å². The van der Waals surface area contributed by atoms with E-state index in [1.165, 1.54) is 17.8 Å². The van der Waals surface area contributed by atoms with Crippen molar-refractivity contribution >= 4 is 17.7 Å². The maximum Gasteiger partial charge on any atom is 0.371 e. The van der Waals surface area contributed by atoms with Gasteiger partial charge in [-0.1, -0.05) is 0 Å². The summed E-state index contributed by atoms with van der Waals surface area (Å²) in [5.41, 5.74) is 0. The summed E-state index contributed by atoms with van der Waals surface area (Å²) in [6, 6.07) is 3.03. The molecule has 0 bridgehead atoms. The third kappa shape index (κ3) is 5.65. The molecule has 110 valence electrons. The number of carboxylic acid groups (broad SMARTS) is 1. The number of rotatable bonds is 9. The first-order chi connectivity index (χ1) is 9.52. The van der Waals surface area contributed by atoms with Crippen LogP contribution in [0.25, 0.3) is 0 Å². The lowest BCUT2D eigenvalue weighted by Gasteiger charge is -2.06. The Labute approximate surface area is 119 Å². The molecule has 0 aliphatic carbocycles. The van der Waals surface area contributed by atoms with Crippen LogP contribution in [0.1, 0.15) is 16.3 Å². The number of furan rings is 1. The van der Waals surface area contributed by atoms with Crippen LogP contribution in [-0.2, 0) is 5.75 Å². The molecule has 0 atom stereocenters. The first-order valence-corrected chi connectivity index (χ1v) is 6.85. The lowest BCUT2D eigenvalue weighted by Crippen LogP contribution is -2.26. The van der Waals surface area contributed by atoms with E-state index in [4.69, 9.17) is 9.52 Å². The van der Waals surface area contributed by atoms with Gasteiger partial charge in [0.25, 0.3) is 6.20 Å². The summed E-state index contributed by atoms with van der Waals surface area (Å²) in [5.74, 6) is 0.989. The van der Waals surface area contributed by atoms with Crippen molar-refractivity contribution in [3.63, 3.8) is 0 Å². The summed E-state index contributed by atoms with van der Waals surface area (Å²) < 4.78 is 5.09. The Hall–Kier alpha value is -2.16. The van der Waals surface area contributed by atoms with Crippen molar-refractivity contribution in [3.05, 3.63) is 45.8 Å². The van der Waals surface area contributed by atoms with Gasteiger partial charge in [0.2, 0.25) is 5.76 Å². The molecule has 1 heterocycles. The van der Waals surface area contributed by atoms with Crippen molar-refractivity contribution in [2.75, 3.05) is 19.3 Å². The van der Waals surface area contributed by atoms with Crippen LogP contribution in [0.3, 0.4) is 0 Å². The van der Waals surface area contributed by atoms with Crippen molar-refractivity contribution in [3.8, 4) is 0 Å². The maximum absolute atomic E-state index is 10.6. The van der Waals surface area contributed by atoms with Gasteiger partial charge in [-0.3, -0.25) is 10.1 Å². The molecule has 0 aliphatic heterocycles. The number of thioether (sulfide) groups is 1. The Morgan fingerprint density at radius 2 is 2.35 bits per heavy atom. The van der Waals surface area contributed by atoms with Gasteiger partial charge in [-0.2, -0.15) is 11.8 Å². The highest BCUT2D eigenvalue weighted by molar-refractivity contribution is 7.98. The van der Waals surface area contributed by atoms with Crippen LogP contribution in [0.4, 0.5) is 0 Å². The second-order valence-corrected chi connectivity index (χ2v) is 4.73. The third-order valence-corrected chi connectivity index (χ3v) is 3.16. The van der Waals surface area contributed by atoms with Gasteiger partial charge < -0.3 is 20.2 Å². The number of aromatic carboxylic acids is 1. The molecule has 0 spiro atoms. The predicted octanol–water partition coefficient (Wildman–Crippen LogP) is 1.10. The van der Waals surface area contributed by atoms with Crippen LogP contribution in [0, 0.1) is 10.1 Å². The fraction of sp³-hybridized carbons (Fsp3) is 0.364. The summed E-state index contributed by atoms with van der Waals surface area (Å²) in [6.45, 7) is 0.539. The molecule has 8 nitrogen and oxygen atoms in total. The molecule has 0 saturated heterocycles. The fourth-order valence-corrected chi connectivity index (χ4v) is 2.05. The summed E-state index contributed by atoms with van der Waals surface area (Å²) in [6.07, 6.45) is 0.857. The summed E-state index contributed by atoms with van der Waals surface area (Å²) in [5, 5.41) is 24.5. The minimum absolute atomic E-state index is 0.0786. The van der Waals surface area contributed by atoms with Gasteiger partial charge in [0.1, 0.15) is 5.76 Å². The van der Waals surface area contributed by atoms with Gasteiger partial charge in [-0.15, -0.1) is 0 Å². The quantitative estimate of drug-likeness (QED) is 0.352. The molecule has 1 aromatic rings. The molecular formula is C11H15N3O5S. The standard InChI is InChI=1S/C11H15N3O5S/c1-12-10(6-14(17)18)13-4-5-20-7-8-2-3-9(19-8)11(15)16/h2-3,6,12-13H,4-5,7H2,1H3,(H,15,16)/b10-6+. The number of carbonyl (C=O) groups is 1. The van der Waals surface area contributed by atoms with Crippen LogP contribution >= 0.6 is 11.8 Å². The minimum Gasteiger partial charge on any atom is -0.475 e. The van der Waals surface area contributed by atoms with Crippen LogP contribution in [-0.4, -0.2) is 35.3 Å². The molecule has 1 rings (SSSR count). The van der Waals surface area contributed by atoms with Crippen molar-refractivity contribution < 1.29 is 19.2 Å². The Bertz CT molecular complexity index is 500. The number of hydrogen-bond donors (Lipinski definition) is 3. The van der Waals surface area contributed by atoms with E-state index < -0.39 is 10.9 Å².